The van der Waals surface area contributed by atoms with Crippen molar-refractivity contribution in [1.29, 1.82) is 0 Å². The summed E-state index contributed by atoms with van der Waals surface area (Å²) in [4.78, 5) is 11.4. The van der Waals surface area contributed by atoms with Gasteiger partial charge in [0.05, 0.1) is 5.75 Å². The molecule has 0 atom stereocenters. The summed E-state index contributed by atoms with van der Waals surface area (Å²) < 4.78 is 23.6. The summed E-state index contributed by atoms with van der Waals surface area (Å²) in [6.07, 6.45) is 1.79. The number of carbonyl (C=O) groups is 1. The van der Waals surface area contributed by atoms with E-state index in [0.717, 1.165) is 18.4 Å². The van der Waals surface area contributed by atoms with Gasteiger partial charge >= 0.3 is 0 Å². The highest BCUT2D eigenvalue weighted by molar-refractivity contribution is 7.91. The molecule has 1 aliphatic carbocycles. The molecule has 1 aliphatic rings. The van der Waals surface area contributed by atoms with Crippen LogP contribution < -0.4 is 0 Å². The predicted octanol–water partition coefficient (Wildman–Crippen LogP) is 2.36. The summed E-state index contributed by atoms with van der Waals surface area (Å²) >= 11 is 0. The molecular weight excluding hydrogens is 248 g/mol. The lowest BCUT2D eigenvalue weighted by Crippen LogP contribution is -2.22. The summed E-state index contributed by atoms with van der Waals surface area (Å²) in [7, 11) is -2.98. The van der Waals surface area contributed by atoms with Gasteiger partial charge in [0.2, 0.25) is 0 Å². The molecule has 98 valence electrons. The maximum absolute atomic E-state index is 11.8. The highest BCUT2D eigenvalue weighted by Gasteiger charge is 2.47. The second-order valence-corrected chi connectivity index (χ2v) is 7.45. The minimum atomic E-state index is -2.98. The molecule has 0 saturated heterocycles. The van der Waals surface area contributed by atoms with E-state index in [0.29, 0.717) is 5.56 Å². The molecule has 2 rings (SSSR count). The molecule has 0 heterocycles. The van der Waals surface area contributed by atoms with E-state index in [1.807, 2.05) is 18.2 Å². The fraction of sp³-hybridized carbons (Fsp3) is 0.500. The first-order valence-electron chi connectivity index (χ1n) is 6.20. The monoisotopic (exact) mass is 266 g/mol. The van der Waals surface area contributed by atoms with Crippen LogP contribution in [0.3, 0.4) is 0 Å². The van der Waals surface area contributed by atoms with Crippen LogP contribution in [-0.4, -0.2) is 25.7 Å². The van der Waals surface area contributed by atoms with Crippen LogP contribution in [0, 0.1) is 0 Å². The first-order valence-corrected chi connectivity index (χ1v) is 8.03. The lowest BCUT2D eigenvalue weighted by molar-refractivity contribution is 0.101. The molecule has 0 amide bonds. The Balaban J connectivity index is 2.31. The van der Waals surface area contributed by atoms with Crippen LogP contribution in [0.15, 0.2) is 24.3 Å². The van der Waals surface area contributed by atoms with Gasteiger partial charge in [0, 0.05) is 16.7 Å². The van der Waals surface area contributed by atoms with Crippen LogP contribution in [0.1, 0.15) is 42.6 Å². The average molecular weight is 266 g/mol. The molecule has 1 aromatic rings. The van der Waals surface area contributed by atoms with Gasteiger partial charge < -0.3 is 0 Å². The van der Waals surface area contributed by atoms with E-state index in [9.17, 15) is 13.2 Å². The van der Waals surface area contributed by atoms with Crippen molar-refractivity contribution < 1.29 is 13.2 Å². The zero-order valence-corrected chi connectivity index (χ0v) is 11.6. The molecular formula is C14H18O3S. The average Bonchev–Trinajstić information content (AvgIpc) is 3.09. The van der Waals surface area contributed by atoms with Crippen molar-refractivity contribution >= 4 is 15.6 Å². The lowest BCUT2D eigenvalue weighted by atomic mass is 9.95. The van der Waals surface area contributed by atoms with E-state index in [1.54, 1.807) is 13.0 Å². The lowest BCUT2D eigenvalue weighted by Gasteiger charge is -2.16. The normalized spacial score (nSPS) is 17.4. The van der Waals surface area contributed by atoms with Crippen molar-refractivity contribution in [2.45, 2.75) is 32.1 Å². The highest BCUT2D eigenvalue weighted by atomic mass is 32.2. The second kappa shape index (κ2) is 4.50. The number of hydrogen-bond acceptors (Lipinski definition) is 3. The van der Waals surface area contributed by atoms with Crippen molar-refractivity contribution in [3.8, 4) is 0 Å². The van der Waals surface area contributed by atoms with Gasteiger partial charge in [0.1, 0.15) is 0 Å². The third-order valence-corrected chi connectivity index (χ3v) is 5.54. The SMILES string of the molecule is CCS(=O)(=O)CC1(c2cccc(C(C)=O)c2)CC1. The fourth-order valence-electron chi connectivity index (χ4n) is 2.26. The Hall–Kier alpha value is -1.16. The maximum Gasteiger partial charge on any atom is 0.159 e. The molecule has 1 saturated carbocycles. The second-order valence-electron chi connectivity index (χ2n) is 5.09. The van der Waals surface area contributed by atoms with Crippen LogP contribution in [0.2, 0.25) is 0 Å². The zero-order valence-electron chi connectivity index (χ0n) is 10.8. The van der Waals surface area contributed by atoms with Gasteiger partial charge in [0.25, 0.3) is 0 Å². The van der Waals surface area contributed by atoms with Crippen LogP contribution in [0.4, 0.5) is 0 Å². The Morgan fingerprint density at radius 2 is 2.00 bits per heavy atom. The van der Waals surface area contributed by atoms with Gasteiger partial charge in [-0.2, -0.15) is 0 Å². The number of carbonyl (C=O) groups excluding carboxylic acids is 1. The Morgan fingerprint density at radius 3 is 2.50 bits per heavy atom. The van der Waals surface area contributed by atoms with Crippen molar-refractivity contribution in [3.63, 3.8) is 0 Å². The Kier molecular flexibility index (Phi) is 3.32. The summed E-state index contributed by atoms with van der Waals surface area (Å²) in [6.45, 7) is 3.21. The zero-order chi connectivity index (χ0) is 13.4. The molecule has 4 heteroatoms. The minimum Gasteiger partial charge on any atom is -0.295 e. The molecule has 0 radical (unpaired) electrons. The van der Waals surface area contributed by atoms with Gasteiger partial charge in [0.15, 0.2) is 15.6 Å². The Bertz CT molecular complexity index is 568. The first kappa shape index (κ1) is 13.3. The number of hydrogen-bond donors (Lipinski definition) is 0. The van der Waals surface area contributed by atoms with Crippen molar-refractivity contribution in [1.82, 2.24) is 0 Å². The third kappa shape index (κ3) is 2.64. The molecule has 18 heavy (non-hydrogen) atoms. The summed E-state index contributed by atoms with van der Waals surface area (Å²) in [5.41, 5.74) is 1.42. The van der Waals surface area contributed by atoms with Gasteiger partial charge in [-0.05, 0) is 31.4 Å². The molecule has 3 nitrogen and oxygen atoms in total. The van der Waals surface area contributed by atoms with E-state index < -0.39 is 9.84 Å². The van der Waals surface area contributed by atoms with Crippen molar-refractivity contribution in [2.24, 2.45) is 0 Å². The number of sulfone groups is 1. The Morgan fingerprint density at radius 1 is 1.33 bits per heavy atom. The summed E-state index contributed by atoms with van der Waals surface area (Å²) in [5, 5.41) is 0. The van der Waals surface area contributed by atoms with Gasteiger partial charge in [-0.3, -0.25) is 4.79 Å². The van der Waals surface area contributed by atoms with E-state index >= 15 is 0 Å². The van der Waals surface area contributed by atoms with E-state index in [4.69, 9.17) is 0 Å². The van der Waals surface area contributed by atoms with Crippen LogP contribution in [0.25, 0.3) is 0 Å². The van der Waals surface area contributed by atoms with Crippen LogP contribution in [-0.2, 0) is 15.3 Å². The molecule has 0 aliphatic heterocycles. The maximum atomic E-state index is 11.8. The van der Waals surface area contributed by atoms with Crippen LogP contribution >= 0.6 is 0 Å². The van der Waals surface area contributed by atoms with Crippen molar-refractivity contribution in [3.05, 3.63) is 35.4 Å². The largest absolute Gasteiger partial charge is 0.295 e. The third-order valence-electron chi connectivity index (χ3n) is 3.67. The smallest absolute Gasteiger partial charge is 0.159 e. The standard InChI is InChI=1S/C14H18O3S/c1-3-18(16,17)10-14(7-8-14)13-6-4-5-12(9-13)11(2)15/h4-6,9H,3,7-8,10H2,1-2H3. The quantitative estimate of drug-likeness (QED) is 0.769. The molecule has 0 unspecified atom stereocenters. The molecule has 0 spiro atoms. The number of Topliss-reactive ketones (excluding diaryl/α,β-unsaturated/α-hetero) is 1. The van der Waals surface area contributed by atoms with E-state index in [-0.39, 0.29) is 22.7 Å². The molecule has 0 N–H and O–H groups in total. The predicted molar refractivity (Wildman–Crippen MR) is 71.7 cm³/mol. The number of ketones is 1. The Labute approximate surface area is 108 Å². The van der Waals surface area contributed by atoms with E-state index in [2.05, 4.69) is 0 Å². The summed E-state index contributed by atoms with van der Waals surface area (Å²) in [6, 6.07) is 7.39. The number of rotatable bonds is 5. The minimum absolute atomic E-state index is 0.0194. The molecule has 0 aromatic heterocycles. The highest BCUT2D eigenvalue weighted by Crippen LogP contribution is 2.49. The fourth-order valence-corrected chi connectivity index (χ4v) is 3.76. The van der Waals surface area contributed by atoms with Gasteiger partial charge in [-0.25, -0.2) is 8.42 Å². The van der Waals surface area contributed by atoms with Gasteiger partial charge in [-0.1, -0.05) is 25.1 Å². The topological polar surface area (TPSA) is 51.2 Å². The van der Waals surface area contributed by atoms with Crippen molar-refractivity contribution in [2.75, 3.05) is 11.5 Å². The summed E-state index contributed by atoms with van der Waals surface area (Å²) in [5.74, 6) is 0.407. The first-order chi connectivity index (χ1) is 8.38. The van der Waals surface area contributed by atoms with Gasteiger partial charge in [-0.15, -0.1) is 0 Å². The van der Waals surface area contributed by atoms with E-state index in [1.165, 1.54) is 6.92 Å². The number of benzene rings is 1. The molecule has 1 aromatic carbocycles. The molecule has 1 fully saturated rings. The van der Waals surface area contributed by atoms with Crippen LogP contribution in [0.5, 0.6) is 0 Å². The molecule has 0 bridgehead atoms.